The number of fused-ring (bicyclic) bond motifs is 1. The molecule has 1 aliphatic rings. The highest BCUT2D eigenvalue weighted by Gasteiger charge is 2.50. The predicted octanol–water partition coefficient (Wildman–Crippen LogP) is 4.42. The Kier molecular flexibility index (Phi) is 5.03. The lowest BCUT2D eigenvalue weighted by Crippen LogP contribution is -2.44. The van der Waals surface area contributed by atoms with E-state index in [-0.39, 0.29) is 5.91 Å². The summed E-state index contributed by atoms with van der Waals surface area (Å²) >= 11 is 0. The summed E-state index contributed by atoms with van der Waals surface area (Å²) in [5.74, 6) is 5.91. The first-order chi connectivity index (χ1) is 11.2. The summed E-state index contributed by atoms with van der Waals surface area (Å²) < 4.78 is 5.42. The van der Waals surface area contributed by atoms with Gasteiger partial charge in [0.2, 0.25) is 5.91 Å². The molecule has 0 aliphatic carbocycles. The van der Waals surface area contributed by atoms with Crippen LogP contribution in [0.4, 0.5) is 10.5 Å². The smallest absolute Gasteiger partial charge is 0.421 e. The molecular formula is C20H25NO3. The summed E-state index contributed by atoms with van der Waals surface area (Å²) in [5.41, 5.74) is -0.0660. The minimum absolute atomic E-state index is 0.274. The average Bonchev–Trinajstić information content (AvgIpc) is 2.71. The van der Waals surface area contributed by atoms with Gasteiger partial charge < -0.3 is 4.74 Å². The Morgan fingerprint density at radius 2 is 1.92 bits per heavy atom. The molecule has 1 aromatic carbocycles. The molecule has 0 N–H and O–H groups in total. The Hall–Kier alpha value is -2.28. The first kappa shape index (κ1) is 18.1. The lowest BCUT2D eigenvalue weighted by Gasteiger charge is -2.25. The molecule has 1 aromatic rings. The summed E-state index contributed by atoms with van der Waals surface area (Å²) in [5, 5.41) is 0. The van der Waals surface area contributed by atoms with Crippen LogP contribution >= 0.6 is 0 Å². The van der Waals surface area contributed by atoms with Gasteiger partial charge in [-0.2, -0.15) is 0 Å². The largest absolute Gasteiger partial charge is 0.443 e. The fourth-order valence-corrected chi connectivity index (χ4v) is 2.72. The summed E-state index contributed by atoms with van der Waals surface area (Å²) in [6, 6.07) is 7.36. The highest BCUT2D eigenvalue weighted by molar-refractivity contribution is 6.21. The standard InChI is InChI=1S/C20H25NO3/c1-6-7-8-11-14-20(5)15-12-9-10-13-16(15)21(17(20)22)18(23)24-19(2,3)4/h9-10,12-13H,6-7,14H2,1-5H3/t20-/m0/s1. The second-order valence-corrected chi connectivity index (χ2v) is 7.25. The van der Waals surface area contributed by atoms with Gasteiger partial charge in [-0.05, 0) is 45.7 Å². The van der Waals surface area contributed by atoms with E-state index >= 15 is 0 Å². The molecule has 1 heterocycles. The number of para-hydroxylation sites is 1. The van der Waals surface area contributed by atoms with Crippen molar-refractivity contribution in [3.8, 4) is 11.8 Å². The molecule has 1 aliphatic heterocycles. The second-order valence-electron chi connectivity index (χ2n) is 7.25. The van der Waals surface area contributed by atoms with E-state index < -0.39 is 17.1 Å². The van der Waals surface area contributed by atoms with Crippen LogP contribution < -0.4 is 4.90 Å². The second kappa shape index (κ2) is 6.68. The van der Waals surface area contributed by atoms with Gasteiger partial charge in [0.05, 0.1) is 11.1 Å². The van der Waals surface area contributed by atoms with Crippen LogP contribution in [0.3, 0.4) is 0 Å². The third-order valence-electron chi connectivity index (χ3n) is 3.93. The van der Waals surface area contributed by atoms with Gasteiger partial charge in [0, 0.05) is 12.8 Å². The van der Waals surface area contributed by atoms with Crippen LogP contribution in [0.15, 0.2) is 24.3 Å². The maximum atomic E-state index is 13.0. The fraction of sp³-hybridized carbons (Fsp3) is 0.500. The molecule has 1 atom stereocenters. The van der Waals surface area contributed by atoms with E-state index in [0.29, 0.717) is 12.1 Å². The number of benzene rings is 1. The normalized spacial score (nSPS) is 19.5. The van der Waals surface area contributed by atoms with Crippen molar-refractivity contribution in [1.29, 1.82) is 0 Å². The van der Waals surface area contributed by atoms with Gasteiger partial charge in [0.1, 0.15) is 5.60 Å². The zero-order valence-electron chi connectivity index (χ0n) is 15.1. The molecule has 0 bridgehead atoms. The molecule has 0 radical (unpaired) electrons. The quantitative estimate of drug-likeness (QED) is 0.755. The molecular weight excluding hydrogens is 302 g/mol. The lowest BCUT2D eigenvalue weighted by molar-refractivity contribution is -0.122. The summed E-state index contributed by atoms with van der Waals surface area (Å²) in [6.07, 6.45) is 1.55. The van der Waals surface area contributed by atoms with Crippen molar-refractivity contribution in [3.05, 3.63) is 29.8 Å². The molecule has 0 saturated carbocycles. The van der Waals surface area contributed by atoms with E-state index in [1.807, 2.05) is 25.1 Å². The summed E-state index contributed by atoms with van der Waals surface area (Å²) in [6.45, 7) is 9.27. The van der Waals surface area contributed by atoms with Gasteiger partial charge in [-0.3, -0.25) is 4.79 Å². The number of anilines is 1. The van der Waals surface area contributed by atoms with Gasteiger partial charge in [-0.1, -0.05) is 25.1 Å². The van der Waals surface area contributed by atoms with E-state index in [1.165, 1.54) is 0 Å². The van der Waals surface area contributed by atoms with Crippen LogP contribution in [-0.2, 0) is 14.9 Å². The van der Waals surface area contributed by atoms with Crippen LogP contribution in [0.5, 0.6) is 0 Å². The first-order valence-corrected chi connectivity index (χ1v) is 8.33. The number of carbonyl (C=O) groups is 2. The highest BCUT2D eigenvalue weighted by Crippen LogP contribution is 2.44. The molecule has 0 fully saturated rings. The van der Waals surface area contributed by atoms with Gasteiger partial charge in [0.15, 0.2) is 0 Å². The minimum Gasteiger partial charge on any atom is -0.443 e. The van der Waals surface area contributed by atoms with Crippen molar-refractivity contribution in [2.75, 3.05) is 4.90 Å². The van der Waals surface area contributed by atoms with E-state index in [1.54, 1.807) is 26.8 Å². The average molecular weight is 327 g/mol. The van der Waals surface area contributed by atoms with Crippen LogP contribution in [0.2, 0.25) is 0 Å². The van der Waals surface area contributed by atoms with Crippen LogP contribution in [0.25, 0.3) is 0 Å². The van der Waals surface area contributed by atoms with E-state index in [2.05, 4.69) is 18.8 Å². The Bertz CT molecular complexity index is 706. The molecule has 128 valence electrons. The van der Waals surface area contributed by atoms with Gasteiger partial charge in [-0.15, -0.1) is 11.8 Å². The summed E-state index contributed by atoms with van der Waals surface area (Å²) in [4.78, 5) is 26.7. The number of amides is 2. The third-order valence-corrected chi connectivity index (χ3v) is 3.93. The van der Waals surface area contributed by atoms with E-state index in [9.17, 15) is 9.59 Å². The van der Waals surface area contributed by atoms with Crippen molar-refractivity contribution in [2.45, 2.75) is 64.9 Å². The van der Waals surface area contributed by atoms with Crippen molar-refractivity contribution >= 4 is 17.7 Å². The van der Waals surface area contributed by atoms with Crippen LogP contribution in [-0.4, -0.2) is 17.6 Å². The highest BCUT2D eigenvalue weighted by atomic mass is 16.6. The molecule has 4 nitrogen and oxygen atoms in total. The predicted molar refractivity (Wildman–Crippen MR) is 94.8 cm³/mol. The van der Waals surface area contributed by atoms with Crippen LogP contribution in [0, 0.1) is 11.8 Å². The molecule has 0 unspecified atom stereocenters. The number of unbranched alkanes of at least 4 members (excludes halogenated alkanes) is 1. The molecule has 2 amide bonds. The number of rotatable bonds is 2. The Morgan fingerprint density at radius 3 is 2.54 bits per heavy atom. The number of nitrogens with zero attached hydrogens (tertiary/aromatic N) is 1. The van der Waals surface area contributed by atoms with Crippen molar-refractivity contribution in [2.24, 2.45) is 0 Å². The zero-order chi connectivity index (χ0) is 18.0. The van der Waals surface area contributed by atoms with Crippen LogP contribution in [0.1, 0.15) is 59.4 Å². The van der Waals surface area contributed by atoms with Crippen molar-refractivity contribution in [3.63, 3.8) is 0 Å². The molecule has 0 saturated heterocycles. The van der Waals surface area contributed by atoms with E-state index in [0.717, 1.165) is 23.3 Å². The van der Waals surface area contributed by atoms with Gasteiger partial charge in [0.25, 0.3) is 0 Å². The van der Waals surface area contributed by atoms with Gasteiger partial charge >= 0.3 is 6.09 Å². The number of carbonyl (C=O) groups excluding carboxylic acids is 2. The molecule has 2 rings (SSSR count). The molecule has 24 heavy (non-hydrogen) atoms. The number of imide groups is 1. The molecule has 0 aromatic heterocycles. The zero-order valence-corrected chi connectivity index (χ0v) is 15.1. The van der Waals surface area contributed by atoms with Crippen molar-refractivity contribution in [1.82, 2.24) is 0 Å². The maximum Gasteiger partial charge on any atom is 0.421 e. The molecule has 0 spiro atoms. The monoisotopic (exact) mass is 327 g/mol. The topological polar surface area (TPSA) is 46.6 Å². The number of ether oxygens (including phenoxy) is 1. The lowest BCUT2D eigenvalue weighted by atomic mass is 9.81. The number of hydrogen-bond acceptors (Lipinski definition) is 3. The van der Waals surface area contributed by atoms with Crippen molar-refractivity contribution < 1.29 is 14.3 Å². The minimum atomic E-state index is -0.825. The Morgan fingerprint density at radius 1 is 1.25 bits per heavy atom. The maximum absolute atomic E-state index is 13.0. The Balaban J connectivity index is 2.39. The number of hydrogen-bond donors (Lipinski definition) is 0. The Labute approximate surface area is 144 Å². The van der Waals surface area contributed by atoms with Gasteiger partial charge in [-0.25, -0.2) is 9.69 Å². The first-order valence-electron chi connectivity index (χ1n) is 8.33. The fourth-order valence-electron chi connectivity index (χ4n) is 2.72. The summed E-state index contributed by atoms with van der Waals surface area (Å²) in [7, 11) is 0. The SMILES string of the molecule is CCCC#CC[C@]1(C)C(=O)N(C(=O)OC(C)(C)C)c2ccccc21. The molecule has 4 heteroatoms. The third kappa shape index (κ3) is 3.46. The van der Waals surface area contributed by atoms with E-state index in [4.69, 9.17) is 4.74 Å².